The van der Waals surface area contributed by atoms with E-state index in [4.69, 9.17) is 0 Å². The van der Waals surface area contributed by atoms with Crippen molar-refractivity contribution in [1.82, 2.24) is 0 Å². The summed E-state index contributed by atoms with van der Waals surface area (Å²) < 4.78 is 0. The van der Waals surface area contributed by atoms with Crippen LogP contribution in [0.5, 0.6) is 0 Å². The average molecular weight is 216 g/mol. The van der Waals surface area contributed by atoms with E-state index < -0.39 is 0 Å². The van der Waals surface area contributed by atoms with Crippen LogP contribution in [0.2, 0.25) is 0 Å². The van der Waals surface area contributed by atoms with Gasteiger partial charge >= 0.3 is 0 Å². The van der Waals surface area contributed by atoms with Gasteiger partial charge in [-0.05, 0) is 37.7 Å². The quantitative estimate of drug-likeness (QED) is 0.571. The molecule has 88 valence electrons. The first-order valence-corrected chi connectivity index (χ1v) is 6.49. The van der Waals surface area contributed by atoms with E-state index in [0.29, 0.717) is 5.92 Å². The van der Waals surface area contributed by atoms with Crippen molar-refractivity contribution in [3.8, 4) is 0 Å². The monoisotopic (exact) mass is 216 g/mol. The first kappa shape index (κ1) is 13.0. The Morgan fingerprint density at radius 2 is 1.75 bits per heavy atom. The predicted molar refractivity (Wildman–Crippen MR) is 72.9 cm³/mol. The third-order valence-electron chi connectivity index (χ3n) is 3.01. The highest BCUT2D eigenvalue weighted by molar-refractivity contribution is 5.25. The molecule has 0 bridgehead atoms. The molecule has 1 aromatic rings. The van der Waals surface area contributed by atoms with E-state index >= 15 is 0 Å². The molecule has 1 rings (SSSR count). The molecule has 0 nitrogen and oxygen atoms in total. The van der Waals surface area contributed by atoms with Gasteiger partial charge in [0.15, 0.2) is 0 Å². The maximum absolute atomic E-state index is 2.33. The van der Waals surface area contributed by atoms with E-state index in [1.165, 1.54) is 30.4 Å². The summed E-state index contributed by atoms with van der Waals surface area (Å²) in [5.41, 5.74) is 2.84. The molecule has 0 aliphatic carbocycles. The van der Waals surface area contributed by atoms with Gasteiger partial charge < -0.3 is 0 Å². The Hall–Kier alpha value is -1.04. The fourth-order valence-electron chi connectivity index (χ4n) is 2.03. The smallest absolute Gasteiger partial charge is 0.0127 e. The highest BCUT2D eigenvalue weighted by atomic mass is 14.1. The lowest BCUT2D eigenvalue weighted by molar-refractivity contribution is 0.620. The number of aryl methyl sites for hydroxylation is 1. The topological polar surface area (TPSA) is 0 Å². The minimum Gasteiger partial charge on any atom is -0.0888 e. The van der Waals surface area contributed by atoms with E-state index in [-0.39, 0.29) is 0 Å². The van der Waals surface area contributed by atoms with Crippen molar-refractivity contribution in [1.29, 1.82) is 0 Å². The van der Waals surface area contributed by atoms with Gasteiger partial charge in [-0.25, -0.2) is 0 Å². The molecule has 0 aliphatic rings. The fraction of sp³-hybridized carbons (Fsp3) is 0.500. The maximum Gasteiger partial charge on any atom is -0.0127 e. The predicted octanol–water partition coefficient (Wildman–Crippen LogP) is 5.24. The Bertz CT molecular complexity index is 305. The second-order valence-electron chi connectivity index (χ2n) is 4.51. The van der Waals surface area contributed by atoms with Crippen LogP contribution in [0.4, 0.5) is 0 Å². The Morgan fingerprint density at radius 3 is 2.31 bits per heavy atom. The summed E-state index contributed by atoms with van der Waals surface area (Å²) in [4.78, 5) is 0. The van der Waals surface area contributed by atoms with Crippen LogP contribution < -0.4 is 0 Å². The van der Waals surface area contributed by atoms with Gasteiger partial charge in [0.1, 0.15) is 0 Å². The summed E-state index contributed by atoms with van der Waals surface area (Å²) in [7, 11) is 0. The first-order chi connectivity index (χ1) is 7.77. The first-order valence-electron chi connectivity index (χ1n) is 6.49. The second kappa shape index (κ2) is 7.27. The summed E-state index contributed by atoms with van der Waals surface area (Å²) in [5, 5.41) is 0. The van der Waals surface area contributed by atoms with Crippen molar-refractivity contribution in [2.45, 2.75) is 52.4 Å². The van der Waals surface area contributed by atoms with Gasteiger partial charge in [-0.1, -0.05) is 62.2 Å². The van der Waals surface area contributed by atoms with Crippen molar-refractivity contribution in [3.05, 3.63) is 47.5 Å². The highest BCUT2D eigenvalue weighted by Crippen LogP contribution is 2.25. The molecule has 0 spiro atoms. The summed E-state index contributed by atoms with van der Waals surface area (Å²) in [6.45, 7) is 6.61. The van der Waals surface area contributed by atoms with Crippen LogP contribution in [-0.4, -0.2) is 0 Å². The number of hydrogen-bond acceptors (Lipinski definition) is 0. The highest BCUT2D eigenvalue weighted by Gasteiger charge is 2.08. The molecule has 0 amide bonds. The fourth-order valence-corrected chi connectivity index (χ4v) is 2.03. The van der Waals surface area contributed by atoms with Gasteiger partial charge in [-0.2, -0.15) is 0 Å². The number of rotatable bonds is 6. The van der Waals surface area contributed by atoms with E-state index in [9.17, 15) is 0 Å². The normalized spacial score (nSPS) is 13.2. The Morgan fingerprint density at radius 1 is 1.06 bits per heavy atom. The van der Waals surface area contributed by atoms with Crippen molar-refractivity contribution in [2.75, 3.05) is 0 Å². The molecular formula is C16H24. The third kappa shape index (κ3) is 4.22. The standard InChI is InChI=1S/C16H24/c1-4-6-7-9-15(8-5-2)16-12-10-14(3)11-13-16/h6-7,10-13,15H,4-5,8-9H2,1-3H3/b7-6-. The van der Waals surface area contributed by atoms with Crippen LogP contribution in [0.3, 0.4) is 0 Å². The van der Waals surface area contributed by atoms with Crippen LogP contribution in [-0.2, 0) is 0 Å². The molecule has 0 N–H and O–H groups in total. The van der Waals surface area contributed by atoms with Gasteiger partial charge in [0.25, 0.3) is 0 Å². The Kier molecular flexibility index (Phi) is 5.92. The van der Waals surface area contributed by atoms with E-state index in [1.54, 1.807) is 0 Å². The number of benzene rings is 1. The van der Waals surface area contributed by atoms with Gasteiger partial charge in [-0.3, -0.25) is 0 Å². The molecular weight excluding hydrogens is 192 g/mol. The zero-order valence-electron chi connectivity index (χ0n) is 10.9. The van der Waals surface area contributed by atoms with Gasteiger partial charge in [0, 0.05) is 0 Å². The summed E-state index contributed by atoms with van der Waals surface area (Å²) in [5.74, 6) is 0.702. The molecule has 1 atom stereocenters. The molecule has 1 unspecified atom stereocenters. The lowest BCUT2D eigenvalue weighted by atomic mass is 9.91. The van der Waals surface area contributed by atoms with Crippen molar-refractivity contribution < 1.29 is 0 Å². The maximum atomic E-state index is 2.33. The van der Waals surface area contributed by atoms with Gasteiger partial charge in [0.2, 0.25) is 0 Å². The molecule has 0 heteroatoms. The molecule has 0 fully saturated rings. The van der Waals surface area contributed by atoms with E-state index in [2.05, 4.69) is 57.2 Å². The minimum absolute atomic E-state index is 0.702. The summed E-state index contributed by atoms with van der Waals surface area (Å²) in [6, 6.07) is 9.02. The zero-order valence-corrected chi connectivity index (χ0v) is 10.9. The lowest BCUT2D eigenvalue weighted by Gasteiger charge is -2.14. The third-order valence-corrected chi connectivity index (χ3v) is 3.01. The molecule has 0 saturated carbocycles. The van der Waals surface area contributed by atoms with Crippen molar-refractivity contribution >= 4 is 0 Å². The van der Waals surface area contributed by atoms with Crippen LogP contribution >= 0.6 is 0 Å². The van der Waals surface area contributed by atoms with Crippen LogP contribution in [0, 0.1) is 6.92 Å². The van der Waals surface area contributed by atoms with Gasteiger partial charge in [-0.15, -0.1) is 0 Å². The number of allylic oxidation sites excluding steroid dienone is 2. The van der Waals surface area contributed by atoms with Crippen LogP contribution in [0.15, 0.2) is 36.4 Å². The molecule has 0 radical (unpaired) electrons. The van der Waals surface area contributed by atoms with Crippen molar-refractivity contribution in [3.63, 3.8) is 0 Å². The largest absolute Gasteiger partial charge is 0.0888 e. The van der Waals surface area contributed by atoms with Crippen molar-refractivity contribution in [2.24, 2.45) is 0 Å². The summed E-state index contributed by atoms with van der Waals surface area (Å²) in [6.07, 6.45) is 9.49. The Balaban J connectivity index is 2.68. The molecule has 0 saturated heterocycles. The molecule has 16 heavy (non-hydrogen) atoms. The minimum atomic E-state index is 0.702. The SMILES string of the molecule is CC/C=C\CC(CCC)c1ccc(C)cc1. The second-order valence-corrected chi connectivity index (χ2v) is 4.51. The number of hydrogen-bond donors (Lipinski definition) is 0. The van der Waals surface area contributed by atoms with Gasteiger partial charge in [0.05, 0.1) is 0 Å². The lowest BCUT2D eigenvalue weighted by Crippen LogP contribution is -1.97. The molecule has 1 aromatic carbocycles. The average Bonchev–Trinajstić information content (AvgIpc) is 2.29. The van der Waals surface area contributed by atoms with E-state index in [0.717, 1.165) is 6.42 Å². The molecule has 0 heterocycles. The van der Waals surface area contributed by atoms with E-state index in [1.807, 2.05) is 0 Å². The zero-order chi connectivity index (χ0) is 11.8. The molecule has 0 aliphatic heterocycles. The summed E-state index contributed by atoms with van der Waals surface area (Å²) >= 11 is 0. The van der Waals surface area contributed by atoms with Crippen LogP contribution in [0.1, 0.15) is 56.6 Å². The van der Waals surface area contributed by atoms with Crippen LogP contribution in [0.25, 0.3) is 0 Å². The Labute approximate surface area is 100 Å². The molecule has 0 aromatic heterocycles.